The number of rotatable bonds is 2. The summed E-state index contributed by atoms with van der Waals surface area (Å²) in [6.07, 6.45) is 6.49. The van der Waals surface area contributed by atoms with Crippen LogP contribution in [0.4, 0.5) is 10.1 Å². The molecule has 3 rings (SSSR count). The molecule has 20 heavy (non-hydrogen) atoms. The number of benzene rings is 1. The second-order valence-corrected chi connectivity index (χ2v) is 6.23. The zero-order chi connectivity index (χ0) is 14.1. The molecule has 2 unspecified atom stereocenters. The summed E-state index contributed by atoms with van der Waals surface area (Å²) >= 11 is 0. The van der Waals surface area contributed by atoms with E-state index in [0.29, 0.717) is 0 Å². The van der Waals surface area contributed by atoms with E-state index in [-0.39, 0.29) is 17.2 Å². The maximum atomic E-state index is 13.9. The molecule has 2 aliphatic rings. The molecule has 1 aromatic rings. The van der Waals surface area contributed by atoms with Crippen LogP contribution in [0.1, 0.15) is 49.4 Å². The highest BCUT2D eigenvalue weighted by molar-refractivity contribution is 6.00. The standard InChI is InChI=1S/C17H22FNO/c1-12(20)17-15(18)7-4-8-16(17)19-10-9-13-5-2-3-6-14(13)11-19/h4,7-8,13-14H,2-3,5-6,9-11H2,1H3. The lowest BCUT2D eigenvalue weighted by Crippen LogP contribution is -2.42. The third kappa shape index (κ3) is 2.46. The van der Waals surface area contributed by atoms with E-state index in [4.69, 9.17) is 0 Å². The van der Waals surface area contributed by atoms with E-state index in [0.717, 1.165) is 30.6 Å². The minimum absolute atomic E-state index is 0.177. The van der Waals surface area contributed by atoms with Gasteiger partial charge in [-0.05, 0) is 43.7 Å². The van der Waals surface area contributed by atoms with Crippen LogP contribution in [0.25, 0.3) is 0 Å². The second kappa shape index (κ2) is 5.55. The fourth-order valence-electron chi connectivity index (χ4n) is 3.94. The number of carbonyl (C=O) groups is 1. The maximum Gasteiger partial charge on any atom is 0.164 e. The van der Waals surface area contributed by atoms with Crippen molar-refractivity contribution in [1.29, 1.82) is 0 Å². The van der Waals surface area contributed by atoms with Crippen molar-refractivity contribution in [3.8, 4) is 0 Å². The normalized spacial score (nSPS) is 26.2. The predicted molar refractivity (Wildman–Crippen MR) is 78.7 cm³/mol. The quantitative estimate of drug-likeness (QED) is 0.759. The largest absolute Gasteiger partial charge is 0.371 e. The highest BCUT2D eigenvalue weighted by atomic mass is 19.1. The monoisotopic (exact) mass is 275 g/mol. The molecule has 0 bridgehead atoms. The first-order valence-electron chi connectivity index (χ1n) is 7.71. The van der Waals surface area contributed by atoms with Gasteiger partial charge in [0.1, 0.15) is 5.82 Å². The number of piperidine rings is 1. The van der Waals surface area contributed by atoms with Gasteiger partial charge < -0.3 is 4.90 Å². The van der Waals surface area contributed by atoms with Crippen LogP contribution in [0, 0.1) is 17.7 Å². The minimum atomic E-state index is -0.388. The van der Waals surface area contributed by atoms with E-state index in [1.54, 1.807) is 6.07 Å². The van der Waals surface area contributed by atoms with Crippen molar-refractivity contribution < 1.29 is 9.18 Å². The number of fused-ring (bicyclic) bond motifs is 1. The van der Waals surface area contributed by atoms with Gasteiger partial charge in [0.2, 0.25) is 0 Å². The van der Waals surface area contributed by atoms with Gasteiger partial charge in [-0.25, -0.2) is 4.39 Å². The van der Waals surface area contributed by atoms with Crippen LogP contribution in [0.5, 0.6) is 0 Å². The van der Waals surface area contributed by atoms with Crippen LogP contribution in [0.15, 0.2) is 18.2 Å². The van der Waals surface area contributed by atoms with E-state index in [9.17, 15) is 9.18 Å². The average Bonchev–Trinajstić information content (AvgIpc) is 2.46. The summed E-state index contributed by atoms with van der Waals surface area (Å²) in [6.45, 7) is 3.38. The minimum Gasteiger partial charge on any atom is -0.371 e. The second-order valence-electron chi connectivity index (χ2n) is 6.23. The molecule has 0 N–H and O–H groups in total. The summed E-state index contributed by atoms with van der Waals surface area (Å²) < 4.78 is 13.9. The van der Waals surface area contributed by atoms with Crippen LogP contribution in [0.2, 0.25) is 0 Å². The van der Waals surface area contributed by atoms with Crippen molar-refractivity contribution in [1.82, 2.24) is 0 Å². The molecule has 3 heteroatoms. The molecule has 108 valence electrons. The average molecular weight is 275 g/mol. The van der Waals surface area contributed by atoms with Crippen molar-refractivity contribution >= 4 is 11.5 Å². The fraction of sp³-hybridized carbons (Fsp3) is 0.588. The number of hydrogen-bond donors (Lipinski definition) is 0. The Labute approximate surface area is 120 Å². The zero-order valence-electron chi connectivity index (χ0n) is 12.1. The molecule has 1 heterocycles. The van der Waals surface area contributed by atoms with Gasteiger partial charge >= 0.3 is 0 Å². The van der Waals surface area contributed by atoms with Gasteiger partial charge in [-0.2, -0.15) is 0 Å². The van der Waals surface area contributed by atoms with Crippen LogP contribution in [0.3, 0.4) is 0 Å². The molecule has 0 spiro atoms. The fourth-order valence-corrected chi connectivity index (χ4v) is 3.94. The molecule has 1 saturated carbocycles. The van der Waals surface area contributed by atoms with Crippen molar-refractivity contribution in [3.05, 3.63) is 29.6 Å². The molecule has 1 aliphatic heterocycles. The van der Waals surface area contributed by atoms with Crippen LogP contribution < -0.4 is 4.90 Å². The summed E-state index contributed by atoms with van der Waals surface area (Å²) in [6, 6.07) is 4.99. The predicted octanol–water partition coefficient (Wildman–Crippen LogP) is 4.04. The van der Waals surface area contributed by atoms with Gasteiger partial charge in [0.05, 0.1) is 11.3 Å². The summed E-state index contributed by atoms with van der Waals surface area (Å²) in [4.78, 5) is 14.0. The Morgan fingerprint density at radius 3 is 2.70 bits per heavy atom. The van der Waals surface area contributed by atoms with Gasteiger partial charge in [0.15, 0.2) is 5.78 Å². The molecule has 0 aromatic heterocycles. The van der Waals surface area contributed by atoms with Crippen molar-refractivity contribution in [2.24, 2.45) is 11.8 Å². The Hall–Kier alpha value is -1.38. The van der Waals surface area contributed by atoms with E-state index >= 15 is 0 Å². The molecule has 2 atom stereocenters. The number of Topliss-reactive ketones (excluding diaryl/α,β-unsaturated/α-hetero) is 1. The number of hydrogen-bond acceptors (Lipinski definition) is 2. The molecule has 1 saturated heterocycles. The third-order valence-corrected chi connectivity index (χ3v) is 4.98. The van der Waals surface area contributed by atoms with E-state index < -0.39 is 0 Å². The first-order chi connectivity index (χ1) is 9.66. The number of nitrogens with zero attached hydrogens (tertiary/aromatic N) is 1. The van der Waals surface area contributed by atoms with Crippen LogP contribution >= 0.6 is 0 Å². The summed E-state index contributed by atoms with van der Waals surface area (Å²) in [7, 11) is 0. The smallest absolute Gasteiger partial charge is 0.164 e. The number of carbonyl (C=O) groups excluding carboxylic acids is 1. The van der Waals surface area contributed by atoms with Crippen molar-refractivity contribution in [2.75, 3.05) is 18.0 Å². The lowest BCUT2D eigenvalue weighted by atomic mass is 9.75. The molecule has 0 radical (unpaired) electrons. The summed E-state index contributed by atoms with van der Waals surface area (Å²) in [5.41, 5.74) is 1.06. The Kier molecular flexibility index (Phi) is 3.77. The Morgan fingerprint density at radius 1 is 1.20 bits per heavy atom. The van der Waals surface area contributed by atoms with E-state index in [1.165, 1.54) is 45.1 Å². The first kappa shape index (κ1) is 13.6. The maximum absolute atomic E-state index is 13.9. The summed E-state index contributed by atoms with van der Waals surface area (Å²) in [5.74, 6) is 1.000. The summed E-state index contributed by atoms with van der Waals surface area (Å²) in [5, 5.41) is 0. The molecule has 1 aliphatic carbocycles. The van der Waals surface area contributed by atoms with Gasteiger partial charge in [-0.1, -0.05) is 25.3 Å². The molecule has 0 amide bonds. The van der Waals surface area contributed by atoms with Gasteiger partial charge in [0.25, 0.3) is 0 Å². The van der Waals surface area contributed by atoms with Gasteiger partial charge in [0, 0.05) is 13.1 Å². The molecular weight excluding hydrogens is 253 g/mol. The zero-order valence-corrected chi connectivity index (χ0v) is 12.1. The highest BCUT2D eigenvalue weighted by Crippen LogP contribution is 2.38. The SMILES string of the molecule is CC(=O)c1c(F)cccc1N1CCC2CCCCC2C1. The Bertz CT molecular complexity index is 514. The van der Waals surface area contributed by atoms with E-state index in [1.807, 2.05) is 6.07 Å². The molecule has 2 nitrogen and oxygen atoms in total. The lowest BCUT2D eigenvalue weighted by Gasteiger charge is -2.42. The lowest BCUT2D eigenvalue weighted by molar-refractivity contribution is 0.101. The molecular formula is C17H22FNO. The van der Waals surface area contributed by atoms with Crippen molar-refractivity contribution in [3.63, 3.8) is 0 Å². The number of anilines is 1. The van der Waals surface area contributed by atoms with Gasteiger partial charge in [-0.15, -0.1) is 0 Å². The molecule has 1 aromatic carbocycles. The Morgan fingerprint density at radius 2 is 1.95 bits per heavy atom. The van der Waals surface area contributed by atoms with Crippen molar-refractivity contribution in [2.45, 2.75) is 39.0 Å². The Balaban J connectivity index is 1.86. The topological polar surface area (TPSA) is 20.3 Å². The third-order valence-electron chi connectivity index (χ3n) is 4.98. The molecule has 2 fully saturated rings. The number of halogens is 1. The first-order valence-corrected chi connectivity index (χ1v) is 7.71. The van der Waals surface area contributed by atoms with Crippen LogP contribution in [-0.2, 0) is 0 Å². The number of ketones is 1. The van der Waals surface area contributed by atoms with Gasteiger partial charge in [-0.3, -0.25) is 4.79 Å². The highest BCUT2D eigenvalue weighted by Gasteiger charge is 2.32. The van der Waals surface area contributed by atoms with Crippen LogP contribution in [-0.4, -0.2) is 18.9 Å². The van der Waals surface area contributed by atoms with E-state index in [2.05, 4.69) is 4.90 Å².